The highest BCUT2D eigenvalue weighted by atomic mass is 35.5. The first-order chi connectivity index (χ1) is 10.1. The van der Waals surface area contributed by atoms with Gasteiger partial charge in [0.1, 0.15) is 0 Å². The molecule has 1 atom stereocenters. The third kappa shape index (κ3) is 3.41. The summed E-state index contributed by atoms with van der Waals surface area (Å²) in [6.07, 6.45) is 1.85. The number of ether oxygens (including phenoxy) is 2. The summed E-state index contributed by atoms with van der Waals surface area (Å²) in [4.78, 5) is 14.3. The van der Waals surface area contributed by atoms with E-state index in [2.05, 4.69) is 0 Å². The molecular weight excluding hydrogens is 294 g/mol. The Bertz CT molecular complexity index is 521. The molecule has 5 nitrogen and oxygen atoms in total. The number of aliphatic hydroxyl groups is 1. The molecule has 1 fully saturated rings. The number of carbonyl (C=O) groups is 1. The fourth-order valence-corrected chi connectivity index (χ4v) is 2.91. The van der Waals surface area contributed by atoms with E-state index in [0.717, 1.165) is 12.8 Å². The van der Waals surface area contributed by atoms with E-state index >= 15 is 0 Å². The molecule has 1 saturated heterocycles. The summed E-state index contributed by atoms with van der Waals surface area (Å²) in [7, 11) is 3.01. The maximum absolute atomic E-state index is 12.6. The zero-order valence-corrected chi connectivity index (χ0v) is 13.0. The lowest BCUT2D eigenvalue weighted by Gasteiger charge is -2.32. The lowest BCUT2D eigenvalue weighted by atomic mass is 9.98. The van der Waals surface area contributed by atoms with E-state index < -0.39 is 0 Å². The van der Waals surface area contributed by atoms with Crippen molar-refractivity contribution in [2.75, 3.05) is 33.9 Å². The molecular formula is C15H20ClNO4. The lowest BCUT2D eigenvalue weighted by molar-refractivity contribution is 0.0620. The Kier molecular flexibility index (Phi) is 5.31. The van der Waals surface area contributed by atoms with Crippen molar-refractivity contribution in [1.29, 1.82) is 0 Å². The molecule has 1 amide bonds. The van der Waals surface area contributed by atoms with Crippen LogP contribution >= 0.6 is 11.6 Å². The molecule has 1 aliphatic rings. The number of amides is 1. The third-order valence-corrected chi connectivity index (χ3v) is 4.03. The van der Waals surface area contributed by atoms with Crippen LogP contribution in [0.4, 0.5) is 0 Å². The van der Waals surface area contributed by atoms with Gasteiger partial charge in [-0.2, -0.15) is 0 Å². The summed E-state index contributed by atoms with van der Waals surface area (Å²) in [6.45, 7) is 1.37. The molecule has 0 spiro atoms. The number of hydrogen-bond acceptors (Lipinski definition) is 4. The molecule has 1 unspecified atom stereocenters. The number of aliphatic hydroxyl groups excluding tert-OH is 1. The smallest absolute Gasteiger partial charge is 0.254 e. The van der Waals surface area contributed by atoms with E-state index in [9.17, 15) is 9.90 Å². The normalized spacial score (nSPS) is 18.5. The van der Waals surface area contributed by atoms with E-state index in [0.29, 0.717) is 35.2 Å². The molecule has 1 aromatic rings. The molecule has 1 aromatic carbocycles. The molecule has 0 saturated carbocycles. The minimum atomic E-state index is -0.101. The van der Waals surface area contributed by atoms with E-state index in [-0.39, 0.29) is 18.4 Å². The highest BCUT2D eigenvalue weighted by Gasteiger charge is 2.25. The standard InChI is InChI=1S/C15H20ClNO4/c1-20-13-7-11(6-12(16)14(13)21-2)15(19)17-5-3-4-10(8-17)9-18/h6-7,10,18H,3-5,8-9H2,1-2H3. The van der Waals surface area contributed by atoms with E-state index in [4.69, 9.17) is 21.1 Å². The van der Waals surface area contributed by atoms with Crippen molar-refractivity contribution < 1.29 is 19.4 Å². The summed E-state index contributed by atoms with van der Waals surface area (Å²) >= 11 is 6.14. The maximum Gasteiger partial charge on any atom is 0.254 e. The van der Waals surface area contributed by atoms with Crippen LogP contribution < -0.4 is 9.47 Å². The average Bonchev–Trinajstić information content (AvgIpc) is 2.53. The average molecular weight is 314 g/mol. The Morgan fingerprint density at radius 3 is 2.81 bits per heavy atom. The van der Waals surface area contributed by atoms with Crippen molar-refractivity contribution in [3.63, 3.8) is 0 Å². The Hall–Kier alpha value is -1.46. The van der Waals surface area contributed by atoms with Crippen LogP contribution in [0, 0.1) is 5.92 Å². The first kappa shape index (κ1) is 15.9. The second-order valence-electron chi connectivity index (χ2n) is 5.14. The summed E-state index contributed by atoms with van der Waals surface area (Å²) in [5.41, 5.74) is 0.469. The molecule has 1 heterocycles. The van der Waals surface area contributed by atoms with Crippen molar-refractivity contribution >= 4 is 17.5 Å². The molecule has 0 aromatic heterocycles. The third-order valence-electron chi connectivity index (χ3n) is 3.74. The van der Waals surface area contributed by atoms with Gasteiger partial charge in [-0.25, -0.2) is 0 Å². The van der Waals surface area contributed by atoms with Crippen LogP contribution in [-0.2, 0) is 0 Å². The molecule has 116 valence electrons. The largest absolute Gasteiger partial charge is 0.493 e. The number of halogens is 1. The monoisotopic (exact) mass is 313 g/mol. The minimum absolute atomic E-state index is 0.101. The molecule has 21 heavy (non-hydrogen) atoms. The van der Waals surface area contributed by atoms with Gasteiger partial charge in [0, 0.05) is 25.3 Å². The van der Waals surface area contributed by atoms with Crippen LogP contribution in [0.2, 0.25) is 5.02 Å². The van der Waals surface area contributed by atoms with E-state index in [1.807, 2.05) is 0 Å². The number of methoxy groups -OCH3 is 2. The van der Waals surface area contributed by atoms with Crippen molar-refractivity contribution in [2.45, 2.75) is 12.8 Å². The summed E-state index contributed by atoms with van der Waals surface area (Å²) in [5, 5.41) is 9.60. The summed E-state index contributed by atoms with van der Waals surface area (Å²) in [5.74, 6) is 0.904. The Morgan fingerprint density at radius 1 is 1.43 bits per heavy atom. The number of likely N-dealkylation sites (tertiary alicyclic amines) is 1. The predicted molar refractivity (Wildman–Crippen MR) is 80.3 cm³/mol. The van der Waals surface area contributed by atoms with Crippen LogP contribution in [0.15, 0.2) is 12.1 Å². The molecule has 0 aliphatic carbocycles. The van der Waals surface area contributed by atoms with E-state index in [1.54, 1.807) is 17.0 Å². The van der Waals surface area contributed by atoms with Gasteiger partial charge in [-0.3, -0.25) is 4.79 Å². The van der Waals surface area contributed by atoms with Crippen molar-refractivity contribution in [3.8, 4) is 11.5 Å². The first-order valence-corrected chi connectivity index (χ1v) is 7.30. The minimum Gasteiger partial charge on any atom is -0.493 e. The van der Waals surface area contributed by atoms with E-state index in [1.165, 1.54) is 14.2 Å². The quantitative estimate of drug-likeness (QED) is 0.926. The maximum atomic E-state index is 12.6. The molecule has 0 radical (unpaired) electrons. The van der Waals surface area contributed by atoms with Crippen molar-refractivity contribution in [2.24, 2.45) is 5.92 Å². The Morgan fingerprint density at radius 2 is 2.19 bits per heavy atom. The molecule has 0 bridgehead atoms. The van der Waals surface area contributed by atoms with Crippen LogP contribution in [0.25, 0.3) is 0 Å². The summed E-state index contributed by atoms with van der Waals surface area (Å²) < 4.78 is 10.4. The molecule has 1 N–H and O–H groups in total. The SMILES string of the molecule is COc1cc(C(=O)N2CCCC(CO)C2)cc(Cl)c1OC. The zero-order chi connectivity index (χ0) is 15.4. The zero-order valence-electron chi connectivity index (χ0n) is 12.3. The topological polar surface area (TPSA) is 59.0 Å². The van der Waals surface area contributed by atoms with Crippen molar-refractivity contribution in [1.82, 2.24) is 4.90 Å². The second kappa shape index (κ2) is 7.00. The van der Waals surface area contributed by atoms with Crippen molar-refractivity contribution in [3.05, 3.63) is 22.7 Å². The fraction of sp³-hybridized carbons (Fsp3) is 0.533. The van der Waals surface area contributed by atoms with Gasteiger partial charge in [-0.15, -0.1) is 0 Å². The molecule has 1 aliphatic heterocycles. The number of hydrogen-bond donors (Lipinski definition) is 1. The van der Waals surface area contributed by atoms with Gasteiger partial charge in [-0.1, -0.05) is 11.6 Å². The number of carbonyl (C=O) groups excluding carboxylic acids is 1. The van der Waals surface area contributed by atoms with Gasteiger partial charge >= 0.3 is 0 Å². The highest BCUT2D eigenvalue weighted by Crippen LogP contribution is 2.36. The highest BCUT2D eigenvalue weighted by molar-refractivity contribution is 6.32. The Balaban J connectivity index is 2.25. The van der Waals surface area contributed by atoms with Crippen LogP contribution in [-0.4, -0.2) is 49.8 Å². The van der Waals surface area contributed by atoms with Gasteiger partial charge < -0.3 is 19.5 Å². The van der Waals surface area contributed by atoms with Gasteiger partial charge in [0.25, 0.3) is 5.91 Å². The molecule has 2 rings (SSSR count). The number of piperidine rings is 1. The molecule has 6 heteroatoms. The van der Waals surface area contributed by atoms with Gasteiger partial charge in [0.2, 0.25) is 0 Å². The van der Waals surface area contributed by atoms with Gasteiger partial charge in [0.05, 0.1) is 19.2 Å². The first-order valence-electron chi connectivity index (χ1n) is 6.92. The second-order valence-corrected chi connectivity index (χ2v) is 5.54. The number of nitrogens with zero attached hydrogens (tertiary/aromatic N) is 1. The van der Waals surface area contributed by atoms with Crippen LogP contribution in [0.3, 0.4) is 0 Å². The summed E-state index contributed by atoms with van der Waals surface area (Å²) in [6, 6.07) is 3.23. The lowest BCUT2D eigenvalue weighted by Crippen LogP contribution is -2.40. The van der Waals surface area contributed by atoms with Gasteiger partial charge in [0.15, 0.2) is 11.5 Å². The number of benzene rings is 1. The predicted octanol–water partition coefficient (Wildman–Crippen LogP) is 2.20. The fourth-order valence-electron chi connectivity index (χ4n) is 2.62. The number of rotatable bonds is 4. The Labute approximate surface area is 129 Å². The van der Waals surface area contributed by atoms with Gasteiger partial charge in [-0.05, 0) is 30.9 Å². The van der Waals surface area contributed by atoms with Crippen LogP contribution in [0.1, 0.15) is 23.2 Å². The van der Waals surface area contributed by atoms with Crippen LogP contribution in [0.5, 0.6) is 11.5 Å².